The van der Waals surface area contributed by atoms with Gasteiger partial charge in [0.05, 0.1) is 13.2 Å². The van der Waals surface area contributed by atoms with Crippen LogP contribution >= 0.6 is 0 Å². The number of rotatable bonds is 25. The van der Waals surface area contributed by atoms with Gasteiger partial charge in [-0.25, -0.2) is 4.79 Å². The van der Waals surface area contributed by atoms with Crippen LogP contribution in [0.2, 0.25) is 0 Å². The number of primary amides is 1. The number of unbranched alkanes of at least 4 members (excludes halogenated alkanes) is 1. The fourth-order valence-corrected chi connectivity index (χ4v) is 8.02. The van der Waals surface area contributed by atoms with Gasteiger partial charge in [-0.15, -0.1) is 0 Å². The van der Waals surface area contributed by atoms with E-state index in [2.05, 4.69) is 26.6 Å². The molecule has 13 N–H and O–H groups in total. The Hall–Kier alpha value is -5.95. The minimum atomic E-state index is -1.65. The van der Waals surface area contributed by atoms with Crippen molar-refractivity contribution in [3.63, 3.8) is 0 Å². The molecule has 0 bridgehead atoms. The smallest absolute Gasteiger partial charge is 0.326 e. The molecule has 25 heteroatoms. The van der Waals surface area contributed by atoms with E-state index in [1.807, 2.05) is 0 Å². The van der Waals surface area contributed by atoms with Crippen molar-refractivity contribution in [2.24, 2.45) is 11.5 Å². The zero-order valence-electron chi connectivity index (χ0n) is 35.8. The van der Waals surface area contributed by atoms with Crippen molar-refractivity contribution in [3.8, 4) is 0 Å². The number of hydrogen-bond donors (Lipinski definition) is 11. The molecule has 3 fully saturated rings. The molecule has 25 nitrogen and oxygen atoms in total. The molecule has 0 saturated carbocycles. The second kappa shape index (κ2) is 25.4. The van der Waals surface area contributed by atoms with Gasteiger partial charge in [-0.3, -0.25) is 47.9 Å². The van der Waals surface area contributed by atoms with Crippen LogP contribution in [0.15, 0.2) is 0 Å². The normalized spacial score (nSPS) is 20.6. The molecule has 358 valence electrons. The molecule has 0 aromatic carbocycles. The van der Waals surface area contributed by atoms with Crippen molar-refractivity contribution in [1.82, 2.24) is 41.3 Å². The van der Waals surface area contributed by atoms with Crippen molar-refractivity contribution in [3.05, 3.63) is 0 Å². The van der Waals surface area contributed by atoms with Crippen LogP contribution < -0.4 is 38.1 Å². The van der Waals surface area contributed by atoms with Gasteiger partial charge in [0.1, 0.15) is 48.3 Å². The van der Waals surface area contributed by atoms with E-state index in [0.29, 0.717) is 38.6 Å². The predicted octanol–water partition coefficient (Wildman–Crippen LogP) is -5.27. The minimum absolute atomic E-state index is 0.0155. The first kappa shape index (κ1) is 52.4. The highest BCUT2D eigenvalue weighted by atomic mass is 16.4. The molecule has 0 radical (unpaired) electrons. The summed E-state index contributed by atoms with van der Waals surface area (Å²) in [5.41, 5.74) is 10.7. The number of aliphatic hydroxyl groups is 2. The van der Waals surface area contributed by atoms with E-state index in [0.717, 1.165) is 4.90 Å². The number of nitrogens with two attached hydrogens (primary N) is 2. The highest BCUT2D eigenvalue weighted by Gasteiger charge is 2.45. The number of amides is 9. The summed E-state index contributed by atoms with van der Waals surface area (Å²) in [6.07, 6.45) is 1.17. The molecule has 3 aliphatic heterocycles. The Morgan fingerprint density at radius 2 is 1.06 bits per heavy atom. The Morgan fingerprint density at radius 3 is 1.59 bits per heavy atom. The molecule has 0 aliphatic carbocycles. The number of carbonyl (C=O) groups is 11. The Balaban J connectivity index is 1.68. The third-order valence-electron chi connectivity index (χ3n) is 11.3. The van der Waals surface area contributed by atoms with Gasteiger partial charge in [-0.05, 0) is 77.2 Å². The maximum absolute atomic E-state index is 14.0. The van der Waals surface area contributed by atoms with Gasteiger partial charge in [0, 0.05) is 39.4 Å². The lowest BCUT2D eigenvalue weighted by atomic mass is 10.1. The first-order valence-electron chi connectivity index (χ1n) is 21.4. The van der Waals surface area contributed by atoms with E-state index >= 15 is 0 Å². The molecular formula is C39H62N10O15. The summed E-state index contributed by atoms with van der Waals surface area (Å²) in [7, 11) is 0. The summed E-state index contributed by atoms with van der Waals surface area (Å²) in [5, 5.41) is 51.0. The van der Waals surface area contributed by atoms with Gasteiger partial charge in [0.15, 0.2) is 0 Å². The number of nitrogens with one attached hydrogen (secondary N) is 5. The van der Waals surface area contributed by atoms with Crippen LogP contribution in [-0.2, 0) is 52.7 Å². The molecule has 0 spiro atoms. The summed E-state index contributed by atoms with van der Waals surface area (Å²) >= 11 is 0. The predicted molar refractivity (Wildman–Crippen MR) is 220 cm³/mol. The zero-order valence-corrected chi connectivity index (χ0v) is 35.8. The third kappa shape index (κ3) is 14.8. The van der Waals surface area contributed by atoms with Crippen molar-refractivity contribution in [2.45, 2.75) is 139 Å². The molecule has 9 amide bonds. The van der Waals surface area contributed by atoms with Crippen LogP contribution in [0.1, 0.15) is 90.4 Å². The van der Waals surface area contributed by atoms with Gasteiger partial charge in [-0.1, -0.05) is 0 Å². The number of carboxylic acids is 2. The molecular weight excluding hydrogens is 848 g/mol. The topological polar surface area (TPSA) is 391 Å². The van der Waals surface area contributed by atoms with E-state index in [1.54, 1.807) is 0 Å². The minimum Gasteiger partial charge on any atom is -0.481 e. The quantitative estimate of drug-likeness (QED) is 0.0381. The monoisotopic (exact) mass is 910 g/mol. The average molecular weight is 911 g/mol. The van der Waals surface area contributed by atoms with Crippen molar-refractivity contribution in [1.29, 1.82) is 0 Å². The summed E-state index contributed by atoms with van der Waals surface area (Å²) in [6.45, 7) is 0.0229. The van der Waals surface area contributed by atoms with E-state index < -0.39 is 139 Å². The van der Waals surface area contributed by atoms with Gasteiger partial charge in [0.25, 0.3) is 0 Å². The molecule has 3 aliphatic rings. The van der Waals surface area contributed by atoms with Gasteiger partial charge >= 0.3 is 11.9 Å². The van der Waals surface area contributed by atoms with Gasteiger partial charge < -0.3 is 73.2 Å². The number of likely N-dealkylation sites (tertiary alicyclic amines) is 3. The van der Waals surface area contributed by atoms with Crippen LogP contribution in [0.25, 0.3) is 0 Å². The Morgan fingerprint density at radius 1 is 0.578 bits per heavy atom. The fraction of sp³-hybridized carbons (Fsp3) is 0.718. The second-order valence-corrected chi connectivity index (χ2v) is 16.0. The first-order valence-corrected chi connectivity index (χ1v) is 21.4. The number of nitrogens with zero attached hydrogens (tertiary/aromatic N) is 3. The number of aliphatic hydroxyl groups excluding tert-OH is 2. The van der Waals surface area contributed by atoms with Crippen molar-refractivity contribution in [2.75, 3.05) is 39.4 Å². The molecule has 8 atom stereocenters. The first-order chi connectivity index (χ1) is 30.3. The molecule has 0 unspecified atom stereocenters. The summed E-state index contributed by atoms with van der Waals surface area (Å²) in [6, 6.07) is -10.7. The molecule has 0 aromatic heterocycles. The van der Waals surface area contributed by atoms with Crippen molar-refractivity contribution >= 4 is 65.1 Å². The summed E-state index contributed by atoms with van der Waals surface area (Å²) < 4.78 is 0. The number of hydrogen-bond acceptors (Lipinski definition) is 14. The number of carboxylic acid groups (broad SMARTS) is 2. The van der Waals surface area contributed by atoms with Gasteiger partial charge in [0.2, 0.25) is 53.2 Å². The number of aliphatic carboxylic acids is 2. The molecule has 3 heterocycles. The van der Waals surface area contributed by atoms with E-state index in [-0.39, 0.29) is 58.2 Å². The highest BCUT2D eigenvalue weighted by Crippen LogP contribution is 2.26. The average Bonchev–Trinajstić information content (AvgIpc) is 4.05. The molecule has 3 saturated heterocycles. The third-order valence-corrected chi connectivity index (χ3v) is 11.3. The van der Waals surface area contributed by atoms with Gasteiger partial charge in [-0.2, -0.15) is 0 Å². The lowest BCUT2D eigenvalue weighted by Crippen LogP contribution is -2.61. The Bertz CT molecular complexity index is 1750. The highest BCUT2D eigenvalue weighted by molar-refractivity contribution is 5.98. The number of carbonyl (C=O) groups excluding carboxylic acids is 9. The Labute approximate surface area is 368 Å². The maximum atomic E-state index is 14.0. The van der Waals surface area contributed by atoms with E-state index in [4.69, 9.17) is 11.5 Å². The lowest BCUT2D eigenvalue weighted by Gasteiger charge is -2.33. The molecule has 64 heavy (non-hydrogen) atoms. The molecule has 0 aromatic rings. The SMILES string of the molecule is CC(=O)N[C@@H](CCCCN)C(=O)N1CCC[C@H]1C(=O)N[C@@H](CO)C(=O)N[C@@H](CO)C(=O)N1CCC[C@H]1C(=O)N1CCC[C@H]1C(=O)N[C@@H](CCC(=O)O)C(=O)N[C@@H](CCC(N)=O)C(=O)O. The van der Waals surface area contributed by atoms with Crippen molar-refractivity contribution < 1.29 is 73.2 Å². The van der Waals surface area contributed by atoms with E-state index in [1.165, 1.54) is 16.7 Å². The van der Waals surface area contributed by atoms with Crippen LogP contribution in [0, 0.1) is 0 Å². The van der Waals surface area contributed by atoms with Crippen LogP contribution in [-0.4, -0.2) is 188 Å². The zero-order chi connectivity index (χ0) is 47.7. The van der Waals surface area contributed by atoms with Crippen LogP contribution in [0.3, 0.4) is 0 Å². The maximum Gasteiger partial charge on any atom is 0.326 e. The summed E-state index contributed by atoms with van der Waals surface area (Å²) in [5.74, 6) is -9.86. The lowest BCUT2D eigenvalue weighted by molar-refractivity contribution is -0.149. The van der Waals surface area contributed by atoms with E-state index in [9.17, 15) is 73.2 Å². The summed E-state index contributed by atoms with van der Waals surface area (Å²) in [4.78, 5) is 145. The largest absolute Gasteiger partial charge is 0.481 e. The molecule has 3 rings (SSSR count). The standard InChI is InChI=1S/C39H62N10O15/c1-21(52)42-23(7-2-3-15-40)36(60)47-16-4-8-27(47)35(59)45-25(19-50)33(57)46-26(20-51)37(61)49-18-6-10-29(49)38(62)48-17-5-9-28(48)34(58)43-22(12-14-31(54)55)32(56)44-24(39(63)64)11-13-30(41)53/h22-29,50-51H,2-20,40H2,1H3,(H2,41,53)(H,42,52)(H,43,58)(H,44,56)(H,45,59)(H,46,57)(H,54,55)(H,63,64)/t22-,23-,24-,25-,26-,27-,28-,29-/m0/s1. The second-order valence-electron chi connectivity index (χ2n) is 16.0. The van der Waals surface area contributed by atoms with Crippen LogP contribution in [0.4, 0.5) is 0 Å². The fourth-order valence-electron chi connectivity index (χ4n) is 8.02. The Kier molecular flexibility index (Phi) is 20.8. The van der Waals surface area contributed by atoms with Crippen LogP contribution in [0.5, 0.6) is 0 Å².